The molecule has 0 bridgehead atoms. The maximum atomic E-state index is 12.4. The minimum atomic E-state index is -0.199. The van der Waals surface area contributed by atoms with Crippen LogP contribution in [0.4, 0.5) is 5.69 Å². The Morgan fingerprint density at radius 3 is 2.84 bits per heavy atom. The monoisotopic (exact) mass is 372 g/mol. The topological polar surface area (TPSA) is 62.6 Å². The molecule has 1 aliphatic rings. The molecule has 25 heavy (non-hydrogen) atoms. The van der Waals surface area contributed by atoms with Gasteiger partial charge in [-0.15, -0.1) is 0 Å². The third-order valence-corrected chi connectivity index (χ3v) is 5.05. The van der Waals surface area contributed by atoms with Crippen LogP contribution in [0.15, 0.2) is 52.0 Å². The molecule has 0 radical (unpaired) electrons. The number of furan rings is 1. The predicted molar refractivity (Wildman–Crippen MR) is 103 cm³/mol. The number of aryl methyl sites for hydroxylation is 1. The highest BCUT2D eigenvalue weighted by atomic mass is 32.2. The van der Waals surface area contributed by atoms with E-state index >= 15 is 0 Å². The molecule has 5 nitrogen and oxygen atoms in total. The zero-order valence-electron chi connectivity index (χ0n) is 13.5. The number of thiocarbonyl (C=S) groups is 1. The number of carbonyl (C=O) groups excluding carboxylic acids is 2. The van der Waals surface area contributed by atoms with Crippen molar-refractivity contribution in [2.75, 3.05) is 11.9 Å². The maximum absolute atomic E-state index is 12.4. The van der Waals surface area contributed by atoms with Gasteiger partial charge in [0, 0.05) is 24.7 Å². The fourth-order valence-corrected chi connectivity index (χ4v) is 3.62. The van der Waals surface area contributed by atoms with Gasteiger partial charge in [-0.3, -0.25) is 14.5 Å². The van der Waals surface area contributed by atoms with E-state index in [1.165, 1.54) is 16.7 Å². The van der Waals surface area contributed by atoms with Gasteiger partial charge >= 0.3 is 0 Å². The van der Waals surface area contributed by atoms with E-state index in [2.05, 4.69) is 5.32 Å². The molecule has 1 N–H and O–H groups in total. The highest BCUT2D eigenvalue weighted by molar-refractivity contribution is 8.26. The van der Waals surface area contributed by atoms with E-state index in [0.29, 0.717) is 15.0 Å². The van der Waals surface area contributed by atoms with Crippen LogP contribution < -0.4 is 5.32 Å². The van der Waals surface area contributed by atoms with Gasteiger partial charge in [0.05, 0.1) is 11.2 Å². The van der Waals surface area contributed by atoms with Crippen molar-refractivity contribution in [3.05, 3.63) is 58.9 Å². The Balaban J connectivity index is 1.59. The number of anilines is 1. The van der Waals surface area contributed by atoms with Crippen molar-refractivity contribution in [1.29, 1.82) is 0 Å². The summed E-state index contributed by atoms with van der Waals surface area (Å²) in [5.74, 6) is 0.242. The number of carbonyl (C=O) groups is 2. The molecule has 3 rings (SSSR count). The zero-order chi connectivity index (χ0) is 17.8. The average Bonchev–Trinajstić information content (AvgIpc) is 3.18. The SMILES string of the molecule is Cc1ccccc1NC(=O)CCN1C(=O)/C(=C\c2ccco2)SC1=S. The Kier molecular flexibility index (Phi) is 5.35. The lowest BCUT2D eigenvalue weighted by Crippen LogP contribution is -2.31. The molecule has 2 heterocycles. The summed E-state index contributed by atoms with van der Waals surface area (Å²) >= 11 is 6.47. The number of nitrogens with zero attached hydrogens (tertiary/aromatic N) is 1. The molecule has 2 aromatic rings. The third-order valence-electron chi connectivity index (χ3n) is 3.67. The molecule has 1 saturated heterocycles. The van der Waals surface area contributed by atoms with Crippen molar-refractivity contribution in [3.8, 4) is 0 Å². The Morgan fingerprint density at radius 1 is 1.32 bits per heavy atom. The molecule has 1 aromatic carbocycles. The zero-order valence-corrected chi connectivity index (χ0v) is 15.2. The van der Waals surface area contributed by atoms with Gasteiger partial charge in [0.1, 0.15) is 10.1 Å². The summed E-state index contributed by atoms with van der Waals surface area (Å²) in [6.07, 6.45) is 3.38. The van der Waals surface area contributed by atoms with E-state index in [0.717, 1.165) is 11.3 Å². The molecule has 7 heteroatoms. The first-order chi connectivity index (χ1) is 12.0. The fourth-order valence-electron chi connectivity index (χ4n) is 2.33. The molecule has 0 unspecified atom stereocenters. The Labute approximate surface area is 155 Å². The second kappa shape index (κ2) is 7.67. The van der Waals surface area contributed by atoms with Gasteiger partial charge in [0.15, 0.2) is 0 Å². The standard InChI is InChI=1S/C18H16N2O3S2/c1-12-5-2-3-7-14(12)19-16(21)8-9-20-17(22)15(25-18(20)24)11-13-6-4-10-23-13/h2-7,10-11H,8-9H2,1H3,(H,19,21)/b15-11+. The van der Waals surface area contributed by atoms with E-state index in [9.17, 15) is 9.59 Å². The van der Waals surface area contributed by atoms with E-state index in [1.807, 2.05) is 31.2 Å². The lowest BCUT2D eigenvalue weighted by Gasteiger charge is -2.14. The first kappa shape index (κ1) is 17.4. The van der Waals surface area contributed by atoms with E-state index in [-0.39, 0.29) is 24.8 Å². The maximum Gasteiger partial charge on any atom is 0.266 e. The largest absolute Gasteiger partial charge is 0.465 e. The molecule has 128 valence electrons. The molecule has 0 aliphatic carbocycles. The van der Waals surface area contributed by atoms with Crippen molar-refractivity contribution in [3.63, 3.8) is 0 Å². The summed E-state index contributed by atoms with van der Waals surface area (Å²) in [6.45, 7) is 2.18. The van der Waals surface area contributed by atoms with Crippen LogP contribution in [0.2, 0.25) is 0 Å². The van der Waals surface area contributed by atoms with Crippen LogP contribution in [-0.4, -0.2) is 27.6 Å². The molecule has 0 spiro atoms. The number of hydrogen-bond acceptors (Lipinski definition) is 5. The number of amides is 2. The molecule has 2 amide bonds. The summed E-state index contributed by atoms with van der Waals surface area (Å²) in [5, 5.41) is 2.85. The number of hydrogen-bond donors (Lipinski definition) is 1. The summed E-state index contributed by atoms with van der Waals surface area (Å²) < 4.78 is 5.67. The van der Waals surface area contributed by atoms with Gasteiger partial charge in [-0.25, -0.2) is 0 Å². The van der Waals surface area contributed by atoms with Gasteiger partial charge in [0.2, 0.25) is 5.91 Å². The lowest BCUT2D eigenvalue weighted by molar-refractivity contribution is -0.122. The highest BCUT2D eigenvalue weighted by Crippen LogP contribution is 2.32. The quantitative estimate of drug-likeness (QED) is 0.639. The number of nitrogens with one attached hydrogen (secondary N) is 1. The predicted octanol–water partition coefficient (Wildman–Crippen LogP) is 3.82. The first-order valence-corrected chi connectivity index (χ1v) is 8.91. The molecule has 1 aromatic heterocycles. The van der Waals surface area contributed by atoms with Gasteiger partial charge in [-0.1, -0.05) is 42.2 Å². The second-order valence-corrected chi connectivity index (χ2v) is 7.14. The van der Waals surface area contributed by atoms with Gasteiger partial charge in [-0.05, 0) is 30.7 Å². The van der Waals surface area contributed by atoms with Crippen molar-refractivity contribution in [1.82, 2.24) is 4.90 Å². The van der Waals surface area contributed by atoms with Gasteiger partial charge < -0.3 is 9.73 Å². The summed E-state index contributed by atoms with van der Waals surface area (Å²) in [5.41, 5.74) is 1.76. The van der Waals surface area contributed by atoms with Crippen LogP contribution in [0.5, 0.6) is 0 Å². The number of thioether (sulfide) groups is 1. The van der Waals surface area contributed by atoms with Crippen molar-refractivity contribution in [2.24, 2.45) is 0 Å². The smallest absolute Gasteiger partial charge is 0.266 e. The molecular formula is C18H16N2O3S2. The van der Waals surface area contributed by atoms with E-state index in [4.69, 9.17) is 16.6 Å². The molecule has 0 atom stereocenters. The molecule has 1 aliphatic heterocycles. The van der Waals surface area contributed by atoms with Crippen LogP contribution in [0.3, 0.4) is 0 Å². The number of rotatable bonds is 5. The third kappa shape index (κ3) is 4.18. The highest BCUT2D eigenvalue weighted by Gasteiger charge is 2.32. The van der Waals surface area contributed by atoms with Crippen LogP contribution in [-0.2, 0) is 9.59 Å². The van der Waals surface area contributed by atoms with Gasteiger partial charge in [0.25, 0.3) is 5.91 Å². The summed E-state index contributed by atoms with van der Waals surface area (Å²) in [6, 6.07) is 11.1. The minimum Gasteiger partial charge on any atom is -0.465 e. The minimum absolute atomic E-state index is 0.154. The number of para-hydroxylation sites is 1. The molecule has 1 fully saturated rings. The van der Waals surface area contributed by atoms with Crippen molar-refractivity contribution < 1.29 is 14.0 Å². The Morgan fingerprint density at radius 2 is 2.12 bits per heavy atom. The average molecular weight is 372 g/mol. The Hall–Kier alpha value is -2.38. The van der Waals surface area contributed by atoms with Crippen molar-refractivity contribution >= 4 is 51.9 Å². The van der Waals surface area contributed by atoms with Crippen LogP contribution >= 0.6 is 24.0 Å². The van der Waals surface area contributed by atoms with Crippen LogP contribution in [0.1, 0.15) is 17.7 Å². The van der Waals surface area contributed by atoms with Gasteiger partial charge in [-0.2, -0.15) is 0 Å². The van der Waals surface area contributed by atoms with Crippen LogP contribution in [0.25, 0.3) is 6.08 Å². The first-order valence-electron chi connectivity index (χ1n) is 7.69. The van der Waals surface area contributed by atoms with Crippen LogP contribution in [0, 0.1) is 6.92 Å². The van der Waals surface area contributed by atoms with E-state index < -0.39 is 0 Å². The fraction of sp³-hybridized carbons (Fsp3) is 0.167. The van der Waals surface area contributed by atoms with Crippen molar-refractivity contribution in [2.45, 2.75) is 13.3 Å². The summed E-state index contributed by atoms with van der Waals surface area (Å²) in [7, 11) is 0. The number of benzene rings is 1. The normalized spacial score (nSPS) is 15.9. The summed E-state index contributed by atoms with van der Waals surface area (Å²) in [4.78, 5) is 26.5. The molecular weight excluding hydrogens is 356 g/mol. The lowest BCUT2D eigenvalue weighted by atomic mass is 10.2. The Bertz CT molecular complexity index is 844. The molecule has 0 saturated carbocycles. The van der Waals surface area contributed by atoms with E-state index in [1.54, 1.807) is 24.5 Å². The second-order valence-electron chi connectivity index (χ2n) is 5.46.